The monoisotopic (exact) mass is 319 g/mol. The number of amides is 1. The van der Waals surface area contributed by atoms with Crippen LogP contribution in [0.2, 0.25) is 10.0 Å². The first-order valence-electron chi connectivity index (χ1n) is 6.44. The summed E-state index contributed by atoms with van der Waals surface area (Å²) >= 11 is 17.6. The van der Waals surface area contributed by atoms with Crippen LogP contribution in [-0.4, -0.2) is 23.2 Å². The van der Waals surface area contributed by atoms with Gasteiger partial charge in [-0.15, -0.1) is 11.6 Å². The van der Waals surface area contributed by atoms with Crippen LogP contribution >= 0.6 is 34.8 Å². The van der Waals surface area contributed by atoms with E-state index in [1.54, 1.807) is 6.07 Å². The van der Waals surface area contributed by atoms with E-state index in [0.29, 0.717) is 22.3 Å². The molecular weight excluding hydrogens is 305 g/mol. The van der Waals surface area contributed by atoms with E-state index < -0.39 is 0 Å². The minimum Gasteiger partial charge on any atom is -0.336 e. The van der Waals surface area contributed by atoms with Crippen molar-refractivity contribution in [2.75, 3.05) is 12.4 Å². The molecule has 1 aromatic carbocycles. The number of alkyl halides is 1. The van der Waals surface area contributed by atoms with Gasteiger partial charge in [0.25, 0.3) is 0 Å². The van der Waals surface area contributed by atoms with Crippen molar-refractivity contribution >= 4 is 40.7 Å². The van der Waals surface area contributed by atoms with E-state index in [1.165, 1.54) is 0 Å². The summed E-state index contributed by atoms with van der Waals surface area (Å²) in [4.78, 5) is 14.1. The highest BCUT2D eigenvalue weighted by molar-refractivity contribution is 6.42. The van der Waals surface area contributed by atoms with Crippen LogP contribution in [-0.2, 0) is 4.79 Å². The van der Waals surface area contributed by atoms with Crippen molar-refractivity contribution in [2.45, 2.75) is 31.7 Å². The molecule has 1 aromatic rings. The first-order valence-corrected chi connectivity index (χ1v) is 7.73. The highest BCUT2D eigenvalue weighted by Gasteiger charge is 2.29. The minimum atomic E-state index is 0.123. The average molecular weight is 321 g/mol. The van der Waals surface area contributed by atoms with Gasteiger partial charge in [0, 0.05) is 18.8 Å². The molecule has 1 unspecified atom stereocenters. The van der Waals surface area contributed by atoms with Gasteiger partial charge in [0.15, 0.2) is 0 Å². The number of hydrogen-bond donors (Lipinski definition) is 0. The molecule has 1 aliphatic rings. The first kappa shape index (κ1) is 15.0. The third-order valence-corrected chi connectivity index (χ3v) is 4.43. The highest BCUT2D eigenvalue weighted by atomic mass is 35.5. The van der Waals surface area contributed by atoms with Crippen molar-refractivity contribution in [3.8, 4) is 0 Å². The average Bonchev–Trinajstić information content (AvgIpc) is 2.88. The van der Waals surface area contributed by atoms with Gasteiger partial charge in [-0.05, 0) is 37.0 Å². The number of rotatable bonds is 4. The second-order valence-electron chi connectivity index (χ2n) is 4.71. The van der Waals surface area contributed by atoms with Gasteiger partial charge >= 0.3 is 0 Å². The third kappa shape index (κ3) is 3.56. The summed E-state index contributed by atoms with van der Waals surface area (Å²) < 4.78 is 0. The number of benzene rings is 1. The highest BCUT2D eigenvalue weighted by Crippen LogP contribution is 2.35. The van der Waals surface area contributed by atoms with Gasteiger partial charge in [-0.3, -0.25) is 4.79 Å². The Labute approximate surface area is 128 Å². The van der Waals surface area contributed by atoms with E-state index in [1.807, 2.05) is 17.0 Å². The second kappa shape index (κ2) is 6.83. The minimum absolute atomic E-state index is 0.123. The Morgan fingerprint density at radius 3 is 2.79 bits per heavy atom. The van der Waals surface area contributed by atoms with Gasteiger partial charge in [0.05, 0.1) is 16.1 Å². The molecule has 0 spiro atoms. The summed E-state index contributed by atoms with van der Waals surface area (Å²) in [5.41, 5.74) is 1.06. The van der Waals surface area contributed by atoms with E-state index in [0.717, 1.165) is 31.4 Å². The van der Waals surface area contributed by atoms with Crippen LogP contribution in [0.1, 0.15) is 37.3 Å². The van der Waals surface area contributed by atoms with E-state index >= 15 is 0 Å². The molecule has 1 fully saturated rings. The molecule has 0 N–H and O–H groups in total. The van der Waals surface area contributed by atoms with Crippen molar-refractivity contribution in [3.63, 3.8) is 0 Å². The van der Waals surface area contributed by atoms with Crippen LogP contribution in [0.3, 0.4) is 0 Å². The Hall–Kier alpha value is -0.440. The van der Waals surface area contributed by atoms with E-state index in [2.05, 4.69) is 0 Å². The number of hydrogen-bond acceptors (Lipinski definition) is 1. The number of carbonyl (C=O) groups excluding carboxylic acids is 1. The lowest BCUT2D eigenvalue weighted by molar-refractivity contribution is -0.132. The van der Waals surface area contributed by atoms with E-state index in [-0.39, 0.29) is 11.9 Å². The molecule has 0 bridgehead atoms. The van der Waals surface area contributed by atoms with Gasteiger partial charge in [0.2, 0.25) is 5.91 Å². The normalized spacial score (nSPS) is 18.9. The van der Waals surface area contributed by atoms with Crippen LogP contribution in [0, 0.1) is 0 Å². The Morgan fingerprint density at radius 2 is 2.11 bits per heavy atom. The molecule has 1 saturated heterocycles. The zero-order valence-electron chi connectivity index (χ0n) is 10.5. The molecular formula is C14H16Cl3NO. The van der Waals surface area contributed by atoms with E-state index in [9.17, 15) is 4.79 Å². The lowest BCUT2D eigenvalue weighted by Gasteiger charge is -2.25. The Bertz CT molecular complexity index is 464. The first-order chi connectivity index (χ1) is 9.13. The molecule has 0 radical (unpaired) electrons. The number of likely N-dealkylation sites (tertiary alicyclic amines) is 1. The van der Waals surface area contributed by atoms with Crippen molar-refractivity contribution in [1.29, 1.82) is 0 Å². The summed E-state index contributed by atoms with van der Waals surface area (Å²) in [6.07, 6.45) is 3.24. The van der Waals surface area contributed by atoms with Crippen molar-refractivity contribution in [2.24, 2.45) is 0 Å². The predicted molar refractivity (Wildman–Crippen MR) is 80.1 cm³/mol. The molecule has 0 aromatic heterocycles. The number of halogens is 3. The van der Waals surface area contributed by atoms with Crippen LogP contribution in [0.5, 0.6) is 0 Å². The lowest BCUT2D eigenvalue weighted by atomic mass is 10.0. The maximum absolute atomic E-state index is 12.1. The predicted octanol–water partition coefficient (Wildman–Crippen LogP) is 4.68. The Morgan fingerprint density at radius 1 is 1.32 bits per heavy atom. The van der Waals surface area contributed by atoms with Crippen LogP contribution < -0.4 is 0 Å². The van der Waals surface area contributed by atoms with Crippen molar-refractivity contribution in [1.82, 2.24) is 4.90 Å². The SMILES string of the molecule is O=C(CCCCl)N1CCCC1c1ccc(Cl)c(Cl)c1. The molecule has 0 aliphatic carbocycles. The van der Waals surface area contributed by atoms with Gasteiger partial charge in [-0.1, -0.05) is 29.3 Å². The van der Waals surface area contributed by atoms with Crippen molar-refractivity contribution < 1.29 is 4.79 Å². The van der Waals surface area contributed by atoms with Gasteiger partial charge in [0.1, 0.15) is 0 Å². The maximum atomic E-state index is 12.1. The summed E-state index contributed by atoms with van der Waals surface area (Å²) in [5.74, 6) is 0.700. The van der Waals surface area contributed by atoms with E-state index in [4.69, 9.17) is 34.8 Å². The molecule has 0 saturated carbocycles. The molecule has 19 heavy (non-hydrogen) atoms. The second-order valence-corrected chi connectivity index (χ2v) is 5.90. The van der Waals surface area contributed by atoms with Gasteiger partial charge in [-0.2, -0.15) is 0 Å². The summed E-state index contributed by atoms with van der Waals surface area (Å²) in [5, 5.41) is 1.09. The third-order valence-electron chi connectivity index (χ3n) is 3.43. The topological polar surface area (TPSA) is 20.3 Å². The van der Waals surface area contributed by atoms with Crippen LogP contribution in [0.25, 0.3) is 0 Å². The molecule has 1 amide bonds. The lowest BCUT2D eigenvalue weighted by Crippen LogP contribution is -2.30. The molecule has 2 rings (SSSR count). The summed E-state index contributed by atoms with van der Waals surface area (Å²) in [6.45, 7) is 0.812. The molecule has 104 valence electrons. The summed E-state index contributed by atoms with van der Waals surface area (Å²) in [7, 11) is 0. The largest absolute Gasteiger partial charge is 0.336 e. The van der Waals surface area contributed by atoms with Crippen LogP contribution in [0.4, 0.5) is 0 Å². The fourth-order valence-corrected chi connectivity index (χ4v) is 2.93. The standard InChI is InChI=1S/C14H16Cl3NO/c15-7-1-4-14(19)18-8-2-3-13(18)10-5-6-11(16)12(17)9-10/h5-6,9,13H,1-4,7-8H2. The Balaban J connectivity index is 2.13. The molecule has 5 heteroatoms. The van der Waals surface area contributed by atoms with Crippen molar-refractivity contribution in [3.05, 3.63) is 33.8 Å². The fraction of sp³-hybridized carbons (Fsp3) is 0.500. The van der Waals surface area contributed by atoms with Gasteiger partial charge in [-0.25, -0.2) is 0 Å². The number of carbonyl (C=O) groups is 1. The smallest absolute Gasteiger partial charge is 0.223 e. The zero-order valence-corrected chi connectivity index (χ0v) is 12.8. The number of nitrogens with zero attached hydrogens (tertiary/aromatic N) is 1. The maximum Gasteiger partial charge on any atom is 0.223 e. The molecule has 2 nitrogen and oxygen atoms in total. The Kier molecular flexibility index (Phi) is 5.37. The molecule has 1 aliphatic heterocycles. The summed E-state index contributed by atoms with van der Waals surface area (Å²) in [6, 6.07) is 5.73. The quantitative estimate of drug-likeness (QED) is 0.738. The van der Waals surface area contributed by atoms with Gasteiger partial charge < -0.3 is 4.90 Å². The molecule has 1 heterocycles. The van der Waals surface area contributed by atoms with Crippen LogP contribution in [0.15, 0.2) is 18.2 Å². The zero-order chi connectivity index (χ0) is 13.8. The fourth-order valence-electron chi connectivity index (χ4n) is 2.49. The molecule has 1 atom stereocenters.